The van der Waals surface area contributed by atoms with Gasteiger partial charge in [-0.3, -0.25) is 14.5 Å². The summed E-state index contributed by atoms with van der Waals surface area (Å²) >= 11 is 1.25. The van der Waals surface area contributed by atoms with Gasteiger partial charge in [0.25, 0.3) is 5.91 Å². The Morgan fingerprint density at radius 2 is 1.94 bits per heavy atom. The first-order valence-corrected chi connectivity index (χ1v) is 12.1. The number of aliphatic hydroxyl groups is 1. The lowest BCUT2D eigenvalue weighted by molar-refractivity contribution is -0.129. The second-order valence-corrected chi connectivity index (χ2v) is 9.14. The Labute approximate surface area is 206 Å². The molecule has 1 atom stereocenters. The molecule has 1 saturated heterocycles. The Bertz CT molecular complexity index is 1160. The second kappa shape index (κ2) is 9.76. The summed E-state index contributed by atoms with van der Waals surface area (Å²) in [6.07, 6.45) is 0. The molecule has 4 heterocycles. The van der Waals surface area contributed by atoms with Crippen molar-refractivity contribution in [2.75, 3.05) is 60.4 Å². The van der Waals surface area contributed by atoms with Crippen LogP contribution in [0.5, 0.6) is 23.0 Å². The molecule has 0 spiro atoms. The molecular formula is C24H26N2O8S. The molecule has 11 heteroatoms. The molecule has 2 aromatic rings. The van der Waals surface area contributed by atoms with E-state index in [1.54, 1.807) is 23.6 Å². The number of Topliss-reactive ketones (excluding diaryl/α,β-unsaturated/α-hetero) is 1. The number of aliphatic hydroxyl groups excluding tert-OH is 1. The maximum absolute atomic E-state index is 13.5. The van der Waals surface area contributed by atoms with E-state index in [1.807, 2.05) is 0 Å². The normalized spacial score (nSPS) is 20.0. The molecule has 1 aromatic carbocycles. The van der Waals surface area contributed by atoms with Crippen molar-refractivity contribution < 1.29 is 38.4 Å². The Kier molecular flexibility index (Phi) is 6.54. The number of methoxy groups -OCH3 is 2. The van der Waals surface area contributed by atoms with Gasteiger partial charge in [0.05, 0.1) is 43.9 Å². The van der Waals surface area contributed by atoms with Crippen molar-refractivity contribution in [1.82, 2.24) is 9.80 Å². The minimum absolute atomic E-state index is 0.00125. The summed E-state index contributed by atoms with van der Waals surface area (Å²) in [5, 5.41) is 12.7. The van der Waals surface area contributed by atoms with E-state index in [2.05, 4.69) is 4.90 Å². The third-order valence-corrected chi connectivity index (χ3v) is 7.23. The summed E-state index contributed by atoms with van der Waals surface area (Å²) in [4.78, 5) is 31.0. The second-order valence-electron chi connectivity index (χ2n) is 8.19. The van der Waals surface area contributed by atoms with Crippen LogP contribution in [0.2, 0.25) is 0 Å². The van der Waals surface area contributed by atoms with Gasteiger partial charge in [0, 0.05) is 31.7 Å². The topological polar surface area (TPSA) is 107 Å². The number of benzene rings is 1. The number of fused-ring (bicyclic) bond motifs is 1. The first-order chi connectivity index (χ1) is 17.0. The zero-order valence-corrected chi connectivity index (χ0v) is 20.3. The van der Waals surface area contributed by atoms with Crippen molar-refractivity contribution in [1.29, 1.82) is 0 Å². The molecule has 35 heavy (non-hydrogen) atoms. The number of carbonyl (C=O) groups is 2. The highest BCUT2D eigenvalue weighted by Crippen LogP contribution is 2.53. The number of amides is 1. The van der Waals surface area contributed by atoms with Crippen molar-refractivity contribution in [3.8, 4) is 23.0 Å². The van der Waals surface area contributed by atoms with Gasteiger partial charge in [0.1, 0.15) is 0 Å². The third kappa shape index (κ3) is 4.09. The van der Waals surface area contributed by atoms with Gasteiger partial charge < -0.3 is 33.7 Å². The molecule has 5 rings (SSSR count). The number of ketones is 1. The van der Waals surface area contributed by atoms with Gasteiger partial charge >= 0.3 is 0 Å². The standard InChI is InChI=1S/C24H26N2O8S/c1-30-21-14(12-15-22(23(21)31-2)34-13-33-15)18-17(19(27)16-4-3-11-35-16)20(28)24(29)26(18)6-5-25-7-9-32-10-8-25/h3-4,11-12,18,28H,5-10,13H2,1-2H3/t18-/m1/s1. The largest absolute Gasteiger partial charge is 0.503 e. The molecule has 1 aromatic heterocycles. The van der Waals surface area contributed by atoms with Crippen LogP contribution in [0.15, 0.2) is 34.9 Å². The molecule has 186 valence electrons. The van der Waals surface area contributed by atoms with E-state index in [9.17, 15) is 14.7 Å². The van der Waals surface area contributed by atoms with Crippen molar-refractivity contribution in [3.63, 3.8) is 0 Å². The third-order valence-electron chi connectivity index (χ3n) is 6.36. The van der Waals surface area contributed by atoms with E-state index in [0.717, 1.165) is 13.1 Å². The van der Waals surface area contributed by atoms with Crippen LogP contribution in [-0.4, -0.2) is 87.0 Å². The van der Waals surface area contributed by atoms with Crippen LogP contribution in [0, 0.1) is 0 Å². The van der Waals surface area contributed by atoms with Crippen molar-refractivity contribution in [2.24, 2.45) is 0 Å². The van der Waals surface area contributed by atoms with Crippen LogP contribution in [0.4, 0.5) is 0 Å². The van der Waals surface area contributed by atoms with Gasteiger partial charge in [-0.05, 0) is 17.5 Å². The van der Waals surface area contributed by atoms with Crippen molar-refractivity contribution in [2.45, 2.75) is 6.04 Å². The molecule has 1 amide bonds. The molecule has 3 aliphatic heterocycles. The molecule has 0 aliphatic carbocycles. The molecule has 0 saturated carbocycles. The molecular weight excluding hydrogens is 476 g/mol. The number of carbonyl (C=O) groups excluding carboxylic acids is 2. The van der Waals surface area contributed by atoms with Gasteiger partial charge in [-0.15, -0.1) is 11.3 Å². The SMILES string of the molecule is COc1c([C@@H]2C(C(=O)c3cccs3)=C(O)C(=O)N2CCN2CCOCC2)cc2c(c1OC)OCO2. The maximum Gasteiger partial charge on any atom is 0.290 e. The van der Waals surface area contributed by atoms with Crippen LogP contribution in [0.3, 0.4) is 0 Å². The van der Waals surface area contributed by atoms with Gasteiger partial charge in [0.2, 0.25) is 24.1 Å². The lowest BCUT2D eigenvalue weighted by atomic mass is 9.93. The number of morpholine rings is 1. The Hall–Kier alpha value is -3.28. The zero-order chi connectivity index (χ0) is 24.5. The Morgan fingerprint density at radius 1 is 1.17 bits per heavy atom. The summed E-state index contributed by atoms with van der Waals surface area (Å²) in [5.74, 6) is -0.187. The fourth-order valence-corrected chi connectivity index (χ4v) is 5.35. The summed E-state index contributed by atoms with van der Waals surface area (Å²) in [6.45, 7) is 3.58. The fourth-order valence-electron chi connectivity index (χ4n) is 4.67. The highest BCUT2D eigenvalue weighted by Gasteiger charge is 2.46. The van der Waals surface area contributed by atoms with Crippen molar-refractivity contribution >= 4 is 23.0 Å². The molecule has 0 radical (unpaired) electrons. The smallest absolute Gasteiger partial charge is 0.290 e. The van der Waals surface area contributed by atoms with Crippen LogP contribution in [-0.2, 0) is 9.53 Å². The fraction of sp³-hybridized carbons (Fsp3) is 0.417. The quantitative estimate of drug-likeness (QED) is 0.545. The van der Waals surface area contributed by atoms with Gasteiger partial charge in [-0.1, -0.05) is 6.07 Å². The number of hydrogen-bond donors (Lipinski definition) is 1. The average Bonchev–Trinajstić information content (AvgIpc) is 3.63. The summed E-state index contributed by atoms with van der Waals surface area (Å²) in [7, 11) is 2.95. The minimum atomic E-state index is -0.906. The van der Waals surface area contributed by atoms with E-state index in [0.29, 0.717) is 53.2 Å². The summed E-state index contributed by atoms with van der Waals surface area (Å²) in [5.41, 5.74) is 0.464. The van der Waals surface area contributed by atoms with E-state index in [-0.39, 0.29) is 18.9 Å². The maximum atomic E-state index is 13.5. The molecule has 3 aliphatic rings. The first kappa shape index (κ1) is 23.5. The Balaban J connectivity index is 1.60. The van der Waals surface area contributed by atoms with Crippen molar-refractivity contribution in [3.05, 3.63) is 45.4 Å². The number of ether oxygens (including phenoxy) is 5. The molecule has 10 nitrogen and oxygen atoms in total. The van der Waals surface area contributed by atoms with Crippen LogP contribution in [0.1, 0.15) is 21.3 Å². The van der Waals surface area contributed by atoms with E-state index in [1.165, 1.54) is 30.5 Å². The first-order valence-electron chi connectivity index (χ1n) is 11.2. The van der Waals surface area contributed by atoms with Gasteiger partial charge in [0.15, 0.2) is 17.3 Å². The van der Waals surface area contributed by atoms with Gasteiger partial charge in [-0.25, -0.2) is 0 Å². The number of rotatable bonds is 8. The summed E-state index contributed by atoms with van der Waals surface area (Å²) < 4.78 is 27.9. The van der Waals surface area contributed by atoms with Crippen LogP contribution < -0.4 is 18.9 Å². The van der Waals surface area contributed by atoms with Crippen LogP contribution in [0.25, 0.3) is 0 Å². The van der Waals surface area contributed by atoms with Gasteiger partial charge in [-0.2, -0.15) is 0 Å². The minimum Gasteiger partial charge on any atom is -0.503 e. The number of thiophene rings is 1. The van der Waals surface area contributed by atoms with E-state index in [4.69, 9.17) is 23.7 Å². The number of hydrogen-bond acceptors (Lipinski definition) is 10. The number of nitrogens with zero attached hydrogens (tertiary/aromatic N) is 2. The Morgan fingerprint density at radius 3 is 2.63 bits per heavy atom. The monoisotopic (exact) mass is 502 g/mol. The highest BCUT2D eigenvalue weighted by atomic mass is 32.1. The zero-order valence-electron chi connectivity index (χ0n) is 19.4. The molecule has 0 bridgehead atoms. The predicted molar refractivity (Wildman–Crippen MR) is 126 cm³/mol. The van der Waals surface area contributed by atoms with Crippen LogP contribution >= 0.6 is 11.3 Å². The molecule has 1 fully saturated rings. The molecule has 0 unspecified atom stereocenters. The molecule has 1 N–H and O–H groups in total. The highest BCUT2D eigenvalue weighted by molar-refractivity contribution is 7.12. The predicted octanol–water partition coefficient (Wildman–Crippen LogP) is 2.40. The summed E-state index contributed by atoms with van der Waals surface area (Å²) in [6, 6.07) is 4.20. The van der Waals surface area contributed by atoms with E-state index >= 15 is 0 Å². The lowest BCUT2D eigenvalue weighted by Gasteiger charge is -2.32. The van der Waals surface area contributed by atoms with E-state index < -0.39 is 23.5 Å². The lowest BCUT2D eigenvalue weighted by Crippen LogP contribution is -2.43. The average molecular weight is 503 g/mol.